The normalized spacial score (nSPS) is 14.5. The van der Waals surface area contributed by atoms with Crippen LogP contribution in [0.15, 0.2) is 24.3 Å². The Labute approximate surface area is 153 Å². The summed E-state index contributed by atoms with van der Waals surface area (Å²) in [7, 11) is 1.60. The highest BCUT2D eigenvalue weighted by Crippen LogP contribution is 2.18. The van der Waals surface area contributed by atoms with Crippen molar-refractivity contribution in [2.45, 2.75) is 25.8 Å². The zero-order valence-electron chi connectivity index (χ0n) is 15.3. The van der Waals surface area contributed by atoms with Crippen LogP contribution < -0.4 is 20.1 Å². The number of nitrogens with one attached hydrogen (secondary N) is 2. The van der Waals surface area contributed by atoms with Crippen LogP contribution in [0, 0.1) is 0 Å². The third-order valence-corrected chi connectivity index (χ3v) is 4.05. The topological polar surface area (TPSA) is 89.1 Å². The Kier molecular flexibility index (Phi) is 7.85. The van der Waals surface area contributed by atoms with Crippen molar-refractivity contribution in [2.24, 2.45) is 0 Å². The summed E-state index contributed by atoms with van der Waals surface area (Å²) in [6, 6.07) is 7.13. The van der Waals surface area contributed by atoms with E-state index >= 15 is 0 Å². The second-order valence-electron chi connectivity index (χ2n) is 5.89. The molecule has 0 spiro atoms. The first-order valence-electron chi connectivity index (χ1n) is 8.85. The third kappa shape index (κ3) is 6.34. The van der Waals surface area contributed by atoms with Crippen molar-refractivity contribution in [3.8, 4) is 11.5 Å². The molecule has 1 aromatic carbocycles. The molecule has 0 radical (unpaired) electrons. The van der Waals surface area contributed by atoms with Gasteiger partial charge in [-0.1, -0.05) is 6.07 Å². The minimum Gasteiger partial charge on any atom is -0.497 e. The van der Waals surface area contributed by atoms with E-state index in [1.54, 1.807) is 25.0 Å². The number of piperidine rings is 1. The van der Waals surface area contributed by atoms with Crippen molar-refractivity contribution in [3.63, 3.8) is 0 Å². The SMILES string of the molecule is CCOC(=O)N1CCC(NC(=O)NCCOc2cccc(OC)c2)CC1. The van der Waals surface area contributed by atoms with E-state index in [-0.39, 0.29) is 18.2 Å². The van der Waals surface area contributed by atoms with Crippen LogP contribution in [-0.2, 0) is 4.74 Å². The second-order valence-corrected chi connectivity index (χ2v) is 5.89. The molecule has 1 fully saturated rings. The molecule has 144 valence electrons. The average Bonchev–Trinajstić information content (AvgIpc) is 2.66. The molecule has 0 saturated carbocycles. The first-order valence-corrected chi connectivity index (χ1v) is 8.85. The summed E-state index contributed by atoms with van der Waals surface area (Å²) >= 11 is 0. The van der Waals surface area contributed by atoms with Gasteiger partial charge in [0, 0.05) is 25.2 Å². The summed E-state index contributed by atoms with van der Waals surface area (Å²) in [5.74, 6) is 1.42. The van der Waals surface area contributed by atoms with Gasteiger partial charge in [0.1, 0.15) is 18.1 Å². The summed E-state index contributed by atoms with van der Waals surface area (Å²) in [4.78, 5) is 25.2. The van der Waals surface area contributed by atoms with E-state index in [0.717, 1.165) is 5.75 Å². The van der Waals surface area contributed by atoms with Crippen molar-refractivity contribution in [3.05, 3.63) is 24.3 Å². The zero-order chi connectivity index (χ0) is 18.8. The maximum Gasteiger partial charge on any atom is 0.409 e. The maximum atomic E-state index is 11.9. The number of benzene rings is 1. The fourth-order valence-corrected chi connectivity index (χ4v) is 2.68. The summed E-state index contributed by atoms with van der Waals surface area (Å²) in [6.45, 7) is 4.09. The molecule has 2 N–H and O–H groups in total. The summed E-state index contributed by atoms with van der Waals surface area (Å²) < 4.78 is 15.7. The number of carbonyl (C=O) groups excluding carboxylic acids is 2. The van der Waals surface area contributed by atoms with Crippen molar-refractivity contribution in [1.29, 1.82) is 0 Å². The smallest absolute Gasteiger partial charge is 0.409 e. The molecule has 1 aliphatic heterocycles. The number of urea groups is 1. The molecular weight excluding hydrogens is 338 g/mol. The minimum absolute atomic E-state index is 0.0555. The Morgan fingerprint density at radius 1 is 1.23 bits per heavy atom. The number of likely N-dealkylation sites (tertiary alicyclic amines) is 1. The summed E-state index contributed by atoms with van der Waals surface area (Å²) in [6.07, 6.45) is 1.14. The Balaban J connectivity index is 1.60. The molecule has 0 bridgehead atoms. The van der Waals surface area contributed by atoms with Gasteiger partial charge in [0.15, 0.2) is 0 Å². The van der Waals surface area contributed by atoms with E-state index in [1.807, 2.05) is 18.2 Å². The molecule has 1 saturated heterocycles. The Morgan fingerprint density at radius 3 is 2.65 bits per heavy atom. The largest absolute Gasteiger partial charge is 0.497 e. The van der Waals surface area contributed by atoms with Gasteiger partial charge in [-0.25, -0.2) is 9.59 Å². The van der Waals surface area contributed by atoms with Crippen LogP contribution in [0.2, 0.25) is 0 Å². The van der Waals surface area contributed by atoms with Gasteiger partial charge < -0.3 is 29.7 Å². The first-order chi connectivity index (χ1) is 12.6. The van der Waals surface area contributed by atoms with E-state index in [9.17, 15) is 9.59 Å². The highest BCUT2D eigenvalue weighted by molar-refractivity contribution is 5.74. The number of amides is 3. The highest BCUT2D eigenvalue weighted by atomic mass is 16.6. The van der Waals surface area contributed by atoms with Gasteiger partial charge in [-0.15, -0.1) is 0 Å². The number of hydrogen-bond acceptors (Lipinski definition) is 5. The van der Waals surface area contributed by atoms with Crippen molar-refractivity contribution in [2.75, 3.05) is 40.0 Å². The zero-order valence-corrected chi connectivity index (χ0v) is 15.3. The molecule has 26 heavy (non-hydrogen) atoms. The quantitative estimate of drug-likeness (QED) is 0.722. The number of ether oxygens (including phenoxy) is 3. The third-order valence-electron chi connectivity index (χ3n) is 4.05. The van der Waals surface area contributed by atoms with E-state index in [2.05, 4.69) is 10.6 Å². The van der Waals surface area contributed by atoms with Crippen LogP contribution in [0.4, 0.5) is 9.59 Å². The van der Waals surface area contributed by atoms with Crippen molar-refractivity contribution < 1.29 is 23.8 Å². The molecule has 1 aromatic rings. The first kappa shape index (κ1) is 19.7. The number of methoxy groups -OCH3 is 1. The number of nitrogens with zero attached hydrogens (tertiary/aromatic N) is 1. The number of rotatable bonds is 7. The van der Waals surface area contributed by atoms with E-state index in [0.29, 0.717) is 51.4 Å². The van der Waals surface area contributed by atoms with Crippen LogP contribution in [0.3, 0.4) is 0 Å². The molecule has 1 heterocycles. The predicted molar refractivity (Wildman–Crippen MR) is 96.6 cm³/mol. The predicted octanol–water partition coefficient (Wildman–Crippen LogP) is 1.99. The lowest BCUT2D eigenvalue weighted by Crippen LogP contribution is -2.49. The van der Waals surface area contributed by atoms with Gasteiger partial charge in [0.05, 0.1) is 20.3 Å². The van der Waals surface area contributed by atoms with Crippen LogP contribution >= 0.6 is 0 Å². The molecule has 1 aliphatic rings. The molecule has 3 amide bonds. The lowest BCUT2D eigenvalue weighted by molar-refractivity contribution is 0.0957. The fourth-order valence-electron chi connectivity index (χ4n) is 2.68. The summed E-state index contributed by atoms with van der Waals surface area (Å²) in [5.41, 5.74) is 0. The van der Waals surface area contributed by atoms with Crippen LogP contribution in [0.1, 0.15) is 19.8 Å². The fraction of sp³-hybridized carbons (Fsp3) is 0.556. The minimum atomic E-state index is -0.287. The van der Waals surface area contributed by atoms with Crippen LogP contribution in [0.5, 0.6) is 11.5 Å². The van der Waals surface area contributed by atoms with Gasteiger partial charge in [0.2, 0.25) is 0 Å². The molecular formula is C18H27N3O5. The van der Waals surface area contributed by atoms with Gasteiger partial charge in [0.25, 0.3) is 0 Å². The summed E-state index contributed by atoms with van der Waals surface area (Å²) in [5, 5.41) is 5.69. The van der Waals surface area contributed by atoms with E-state index in [4.69, 9.17) is 14.2 Å². The molecule has 0 unspecified atom stereocenters. The van der Waals surface area contributed by atoms with Gasteiger partial charge in [-0.05, 0) is 31.9 Å². The molecule has 8 nitrogen and oxygen atoms in total. The second kappa shape index (κ2) is 10.4. The Bertz CT molecular complexity index is 588. The highest BCUT2D eigenvalue weighted by Gasteiger charge is 2.24. The molecule has 8 heteroatoms. The lowest BCUT2D eigenvalue weighted by Gasteiger charge is -2.31. The van der Waals surface area contributed by atoms with Gasteiger partial charge >= 0.3 is 12.1 Å². The Morgan fingerprint density at radius 2 is 1.96 bits per heavy atom. The van der Waals surface area contributed by atoms with Crippen molar-refractivity contribution in [1.82, 2.24) is 15.5 Å². The molecule has 0 atom stereocenters. The molecule has 0 aliphatic carbocycles. The molecule has 2 rings (SSSR count). The van der Waals surface area contributed by atoms with Gasteiger partial charge in [-0.2, -0.15) is 0 Å². The van der Waals surface area contributed by atoms with E-state index in [1.165, 1.54) is 0 Å². The maximum absolute atomic E-state index is 11.9. The molecule has 0 aromatic heterocycles. The lowest BCUT2D eigenvalue weighted by atomic mass is 10.1. The Hall–Kier alpha value is -2.64. The van der Waals surface area contributed by atoms with Crippen LogP contribution in [0.25, 0.3) is 0 Å². The number of hydrogen-bond donors (Lipinski definition) is 2. The van der Waals surface area contributed by atoms with E-state index < -0.39 is 0 Å². The van der Waals surface area contributed by atoms with Gasteiger partial charge in [-0.3, -0.25) is 0 Å². The average molecular weight is 365 g/mol. The standard InChI is InChI=1S/C18H27N3O5/c1-3-25-18(23)21-10-7-14(8-11-21)20-17(22)19-9-12-26-16-6-4-5-15(13-16)24-2/h4-6,13-14H,3,7-12H2,1-2H3,(H2,19,20,22). The van der Waals surface area contributed by atoms with Crippen LogP contribution in [-0.4, -0.2) is 63.0 Å². The number of carbonyl (C=O) groups is 2. The monoisotopic (exact) mass is 365 g/mol. The van der Waals surface area contributed by atoms with Crippen molar-refractivity contribution >= 4 is 12.1 Å².